The van der Waals surface area contributed by atoms with Crippen molar-refractivity contribution in [1.29, 1.82) is 0 Å². The second kappa shape index (κ2) is 2.93. The van der Waals surface area contributed by atoms with Crippen LogP contribution in [0.25, 0.3) is 10.2 Å². The Hall–Kier alpha value is -1.20. The summed E-state index contributed by atoms with van der Waals surface area (Å²) in [7, 11) is 0. The lowest BCUT2D eigenvalue weighted by molar-refractivity contribution is -0.382. The molecule has 0 aliphatic heterocycles. The molecular formula is C7H3ClN2O2S. The van der Waals surface area contributed by atoms with E-state index in [-0.39, 0.29) is 10.7 Å². The number of halogens is 1. The Balaban J connectivity index is 2.88. The second-order valence-electron chi connectivity index (χ2n) is 2.35. The average molecular weight is 215 g/mol. The number of nitro groups is 1. The van der Waals surface area contributed by atoms with Gasteiger partial charge in [0.2, 0.25) is 0 Å². The molecule has 2 rings (SSSR count). The summed E-state index contributed by atoms with van der Waals surface area (Å²) < 4.78 is 0.525. The molecule has 13 heavy (non-hydrogen) atoms. The van der Waals surface area contributed by atoms with Crippen LogP contribution in [0.1, 0.15) is 0 Å². The van der Waals surface area contributed by atoms with Gasteiger partial charge in [-0.1, -0.05) is 11.6 Å². The highest BCUT2D eigenvalue weighted by Crippen LogP contribution is 2.34. The lowest BCUT2D eigenvalue weighted by atomic mass is 10.3. The topological polar surface area (TPSA) is 56.0 Å². The molecule has 0 spiro atoms. The number of aromatic nitrogens is 1. The minimum atomic E-state index is -0.483. The molecule has 0 bridgehead atoms. The van der Waals surface area contributed by atoms with Crippen LogP contribution in [-0.4, -0.2) is 9.91 Å². The van der Waals surface area contributed by atoms with E-state index in [4.69, 9.17) is 11.6 Å². The Labute approximate surface area is 81.9 Å². The summed E-state index contributed by atoms with van der Waals surface area (Å²) in [6.07, 6.45) is 0. The third kappa shape index (κ3) is 1.26. The molecule has 0 saturated carbocycles. The van der Waals surface area contributed by atoms with Crippen molar-refractivity contribution in [2.75, 3.05) is 0 Å². The molecule has 0 N–H and O–H groups in total. The third-order valence-electron chi connectivity index (χ3n) is 1.61. The molecule has 2 aromatic rings. The summed E-state index contributed by atoms with van der Waals surface area (Å²) in [6.45, 7) is 0. The van der Waals surface area contributed by atoms with E-state index in [0.717, 1.165) is 0 Å². The van der Waals surface area contributed by atoms with Crippen LogP contribution in [0, 0.1) is 10.1 Å². The first kappa shape index (κ1) is 8.40. The first-order valence-electron chi connectivity index (χ1n) is 3.36. The Morgan fingerprint density at radius 2 is 2.31 bits per heavy atom. The van der Waals surface area contributed by atoms with Gasteiger partial charge in [0.15, 0.2) is 0 Å². The van der Waals surface area contributed by atoms with Gasteiger partial charge >= 0.3 is 5.69 Å². The van der Waals surface area contributed by atoms with Gasteiger partial charge in [-0.3, -0.25) is 10.1 Å². The van der Waals surface area contributed by atoms with Gasteiger partial charge in [0.25, 0.3) is 0 Å². The number of hydrogen-bond donors (Lipinski definition) is 0. The van der Waals surface area contributed by atoms with E-state index >= 15 is 0 Å². The van der Waals surface area contributed by atoms with Crippen LogP contribution in [0.3, 0.4) is 0 Å². The molecule has 0 amide bonds. The molecule has 0 radical (unpaired) electrons. The van der Waals surface area contributed by atoms with Crippen molar-refractivity contribution in [3.63, 3.8) is 0 Å². The van der Waals surface area contributed by atoms with Crippen molar-refractivity contribution in [2.24, 2.45) is 0 Å². The predicted octanol–water partition coefficient (Wildman–Crippen LogP) is 2.86. The molecule has 4 nitrogen and oxygen atoms in total. The van der Waals surface area contributed by atoms with E-state index in [1.807, 2.05) is 0 Å². The Kier molecular flexibility index (Phi) is 1.90. The highest BCUT2D eigenvalue weighted by molar-refractivity contribution is 7.17. The van der Waals surface area contributed by atoms with Crippen molar-refractivity contribution < 1.29 is 4.92 Å². The predicted molar refractivity (Wildman–Crippen MR) is 51.3 cm³/mol. The highest BCUT2D eigenvalue weighted by atomic mass is 35.5. The monoisotopic (exact) mass is 214 g/mol. The SMILES string of the molecule is O=[N+]([O-])c1c(Cl)ccc2ncsc12. The van der Waals surface area contributed by atoms with E-state index in [1.54, 1.807) is 11.6 Å². The van der Waals surface area contributed by atoms with E-state index in [2.05, 4.69) is 4.98 Å². The normalized spacial score (nSPS) is 10.5. The number of hydrogen-bond acceptors (Lipinski definition) is 4. The highest BCUT2D eigenvalue weighted by Gasteiger charge is 2.18. The summed E-state index contributed by atoms with van der Waals surface area (Å²) in [4.78, 5) is 14.1. The number of nitro benzene ring substituents is 1. The van der Waals surface area contributed by atoms with Crippen molar-refractivity contribution >= 4 is 38.8 Å². The van der Waals surface area contributed by atoms with Crippen LogP contribution in [0.2, 0.25) is 5.02 Å². The quantitative estimate of drug-likeness (QED) is 0.542. The van der Waals surface area contributed by atoms with Crippen LogP contribution in [0.4, 0.5) is 5.69 Å². The zero-order chi connectivity index (χ0) is 9.42. The molecular weight excluding hydrogens is 212 g/mol. The van der Waals surface area contributed by atoms with Gasteiger partial charge < -0.3 is 0 Å². The van der Waals surface area contributed by atoms with Crippen molar-refractivity contribution in [1.82, 2.24) is 4.98 Å². The van der Waals surface area contributed by atoms with E-state index in [1.165, 1.54) is 17.4 Å². The Bertz CT molecular complexity index is 482. The third-order valence-corrected chi connectivity index (χ3v) is 2.76. The minimum Gasteiger partial charge on any atom is -0.258 e. The summed E-state index contributed by atoms with van der Waals surface area (Å²) >= 11 is 6.91. The second-order valence-corrected chi connectivity index (χ2v) is 3.62. The van der Waals surface area contributed by atoms with E-state index in [9.17, 15) is 10.1 Å². The zero-order valence-corrected chi connectivity index (χ0v) is 7.80. The molecule has 1 aromatic heterocycles. The molecule has 0 aliphatic carbocycles. The lowest BCUT2D eigenvalue weighted by Gasteiger charge is -1.94. The van der Waals surface area contributed by atoms with Gasteiger partial charge in [-0.05, 0) is 12.1 Å². The first-order chi connectivity index (χ1) is 6.20. The molecule has 0 fully saturated rings. The molecule has 1 heterocycles. The fraction of sp³-hybridized carbons (Fsp3) is 0. The Morgan fingerprint density at radius 3 is 3.00 bits per heavy atom. The molecule has 66 valence electrons. The zero-order valence-electron chi connectivity index (χ0n) is 6.23. The summed E-state index contributed by atoms with van der Waals surface area (Å²) in [6, 6.07) is 3.16. The van der Waals surface area contributed by atoms with Gasteiger partial charge in [0, 0.05) is 0 Å². The summed E-state index contributed by atoms with van der Waals surface area (Å²) in [5, 5.41) is 10.8. The van der Waals surface area contributed by atoms with Crippen LogP contribution in [0.5, 0.6) is 0 Å². The fourth-order valence-electron chi connectivity index (χ4n) is 1.06. The first-order valence-corrected chi connectivity index (χ1v) is 4.62. The molecule has 0 aliphatic rings. The number of benzene rings is 1. The van der Waals surface area contributed by atoms with Crippen molar-refractivity contribution in [3.8, 4) is 0 Å². The Morgan fingerprint density at radius 1 is 1.54 bits per heavy atom. The van der Waals surface area contributed by atoms with Gasteiger partial charge in [-0.2, -0.15) is 0 Å². The van der Waals surface area contributed by atoms with Crippen molar-refractivity contribution in [3.05, 3.63) is 32.8 Å². The lowest BCUT2D eigenvalue weighted by Crippen LogP contribution is -1.88. The maximum absolute atomic E-state index is 10.6. The van der Waals surface area contributed by atoms with Gasteiger partial charge in [0.1, 0.15) is 9.72 Å². The minimum absolute atomic E-state index is 0.0540. The number of fused-ring (bicyclic) bond motifs is 1. The van der Waals surface area contributed by atoms with Gasteiger partial charge in [-0.25, -0.2) is 4.98 Å². The molecule has 0 atom stereocenters. The average Bonchev–Trinajstić information content (AvgIpc) is 2.50. The molecule has 1 aromatic carbocycles. The number of nitrogens with zero attached hydrogens (tertiary/aromatic N) is 2. The van der Waals surface area contributed by atoms with Crippen LogP contribution in [0.15, 0.2) is 17.6 Å². The standard InChI is InChI=1S/C7H3ClN2O2S/c8-4-1-2-5-7(13-3-9-5)6(4)10(11)12/h1-3H. The maximum atomic E-state index is 10.6. The molecule has 0 saturated heterocycles. The van der Waals surface area contributed by atoms with Crippen molar-refractivity contribution in [2.45, 2.75) is 0 Å². The number of rotatable bonds is 1. The largest absolute Gasteiger partial charge is 0.307 e. The maximum Gasteiger partial charge on any atom is 0.307 e. The summed E-state index contributed by atoms with van der Waals surface area (Å²) in [5.74, 6) is 0. The van der Waals surface area contributed by atoms with Gasteiger partial charge in [0.05, 0.1) is 16.0 Å². The summed E-state index contributed by atoms with van der Waals surface area (Å²) in [5.41, 5.74) is 2.12. The van der Waals surface area contributed by atoms with Crippen LogP contribution in [-0.2, 0) is 0 Å². The smallest absolute Gasteiger partial charge is 0.258 e. The van der Waals surface area contributed by atoms with Crippen LogP contribution >= 0.6 is 22.9 Å². The molecule has 6 heteroatoms. The van der Waals surface area contributed by atoms with Crippen LogP contribution < -0.4 is 0 Å². The molecule has 0 unspecified atom stereocenters. The number of thiazole rings is 1. The van der Waals surface area contributed by atoms with E-state index in [0.29, 0.717) is 10.2 Å². The van der Waals surface area contributed by atoms with E-state index < -0.39 is 4.92 Å². The fourth-order valence-corrected chi connectivity index (χ4v) is 2.15. The van der Waals surface area contributed by atoms with Gasteiger partial charge in [-0.15, -0.1) is 11.3 Å².